The van der Waals surface area contributed by atoms with Crippen LogP contribution < -0.4 is 16.0 Å². The maximum Gasteiger partial charge on any atom is 0.433 e. The number of alkyl halides is 3. The summed E-state index contributed by atoms with van der Waals surface area (Å²) in [6.45, 7) is 1.79. The maximum absolute atomic E-state index is 15.2. The lowest BCUT2D eigenvalue weighted by molar-refractivity contribution is -0.141. The quantitative estimate of drug-likeness (QED) is 0.551. The third kappa shape index (κ3) is 5.55. The minimum atomic E-state index is -4.58. The van der Waals surface area contributed by atoms with E-state index in [0.29, 0.717) is 18.4 Å². The van der Waals surface area contributed by atoms with E-state index in [2.05, 4.69) is 20.9 Å². The highest BCUT2D eigenvalue weighted by molar-refractivity contribution is 6.31. The fourth-order valence-corrected chi connectivity index (χ4v) is 3.64. The molecule has 2 amide bonds. The van der Waals surface area contributed by atoms with Gasteiger partial charge in [-0.3, -0.25) is 19.9 Å². The van der Waals surface area contributed by atoms with Gasteiger partial charge >= 0.3 is 6.18 Å². The van der Waals surface area contributed by atoms with Crippen LogP contribution in [0.3, 0.4) is 0 Å². The topological polar surface area (TPSA) is 83.1 Å². The molecule has 0 aliphatic carbocycles. The van der Waals surface area contributed by atoms with Gasteiger partial charge in [0.15, 0.2) is 0 Å². The van der Waals surface area contributed by atoms with Gasteiger partial charge in [-0.2, -0.15) is 13.2 Å². The van der Waals surface area contributed by atoms with Crippen LogP contribution in [0, 0.1) is 5.82 Å². The van der Waals surface area contributed by atoms with Crippen molar-refractivity contribution < 1.29 is 27.2 Å². The number of hydrogen-bond donors (Lipinski definition) is 3. The normalized spacial score (nSPS) is 18.9. The number of carbonyl (C=O) groups is 2. The van der Waals surface area contributed by atoms with Crippen molar-refractivity contribution in [3.05, 3.63) is 63.7 Å². The number of carbonyl (C=O) groups excluding carboxylic acids is 2. The van der Waals surface area contributed by atoms with Gasteiger partial charge in [0.05, 0.1) is 5.02 Å². The Kier molecular flexibility index (Phi) is 7.35. The summed E-state index contributed by atoms with van der Waals surface area (Å²) < 4.78 is 53.5. The zero-order valence-electron chi connectivity index (χ0n) is 17.0. The van der Waals surface area contributed by atoms with E-state index in [0.717, 1.165) is 12.3 Å². The van der Waals surface area contributed by atoms with Crippen LogP contribution in [0.2, 0.25) is 5.02 Å². The monoisotopic (exact) mass is 472 g/mol. The smallest absolute Gasteiger partial charge is 0.352 e. The summed E-state index contributed by atoms with van der Waals surface area (Å²) in [5.74, 6) is -1.35. The standard InChI is InChI=1S/C21H21ClF4N4O2/c1-2-3-16(31)28-10-12-4-6-13(22)18(19(12)23)20-29-14(8-17(32)30-20)11-5-7-15(27-9-11)21(24,25)26/h4-7,9,14,20,29H,2-3,8,10H2,1H3,(H,28,31)(H,30,32). The first-order valence-electron chi connectivity index (χ1n) is 9.92. The lowest BCUT2D eigenvalue weighted by Gasteiger charge is -2.33. The van der Waals surface area contributed by atoms with Crippen molar-refractivity contribution in [1.29, 1.82) is 0 Å². The first-order valence-corrected chi connectivity index (χ1v) is 10.3. The molecule has 2 unspecified atom stereocenters. The minimum Gasteiger partial charge on any atom is -0.352 e. The van der Waals surface area contributed by atoms with Gasteiger partial charge in [-0.15, -0.1) is 0 Å². The molecule has 2 atom stereocenters. The van der Waals surface area contributed by atoms with Gasteiger partial charge in [-0.05, 0) is 24.1 Å². The molecule has 3 rings (SSSR count). The molecule has 1 aromatic carbocycles. The third-order valence-corrected chi connectivity index (χ3v) is 5.32. The molecule has 1 aliphatic rings. The number of halogens is 5. The summed E-state index contributed by atoms with van der Waals surface area (Å²) in [7, 11) is 0. The molecule has 6 nitrogen and oxygen atoms in total. The number of benzene rings is 1. The maximum atomic E-state index is 15.2. The van der Waals surface area contributed by atoms with Crippen molar-refractivity contribution in [2.75, 3.05) is 0 Å². The zero-order chi connectivity index (χ0) is 23.5. The molecular weight excluding hydrogens is 452 g/mol. The first-order chi connectivity index (χ1) is 15.1. The fourth-order valence-electron chi connectivity index (χ4n) is 3.38. The Bertz CT molecular complexity index is 999. The Labute approximate surface area is 186 Å². The Morgan fingerprint density at radius 2 is 2.03 bits per heavy atom. The van der Waals surface area contributed by atoms with Crippen molar-refractivity contribution >= 4 is 23.4 Å². The van der Waals surface area contributed by atoms with Gasteiger partial charge in [0.1, 0.15) is 17.7 Å². The molecule has 1 aliphatic heterocycles. The number of pyridine rings is 1. The molecule has 3 N–H and O–H groups in total. The lowest BCUT2D eigenvalue weighted by atomic mass is 9.99. The molecule has 11 heteroatoms. The van der Waals surface area contributed by atoms with Gasteiger partial charge < -0.3 is 10.6 Å². The van der Waals surface area contributed by atoms with Gasteiger partial charge in [-0.25, -0.2) is 4.39 Å². The van der Waals surface area contributed by atoms with Gasteiger partial charge in [-0.1, -0.05) is 30.7 Å². The van der Waals surface area contributed by atoms with E-state index in [1.54, 1.807) is 0 Å². The number of rotatable bonds is 6. The molecule has 2 heterocycles. The van der Waals surface area contributed by atoms with Crippen LogP contribution >= 0.6 is 11.6 Å². The highest BCUT2D eigenvalue weighted by Gasteiger charge is 2.34. The Morgan fingerprint density at radius 3 is 2.66 bits per heavy atom. The number of amides is 2. The Balaban J connectivity index is 1.83. The van der Waals surface area contributed by atoms with Gasteiger partial charge in [0.2, 0.25) is 11.8 Å². The largest absolute Gasteiger partial charge is 0.433 e. The highest BCUT2D eigenvalue weighted by atomic mass is 35.5. The molecule has 32 heavy (non-hydrogen) atoms. The van der Waals surface area contributed by atoms with E-state index in [-0.39, 0.29) is 35.0 Å². The second kappa shape index (κ2) is 9.83. The first kappa shape index (κ1) is 23.9. The second-order valence-corrected chi connectivity index (χ2v) is 7.77. The van der Waals surface area contributed by atoms with Gasteiger partial charge in [0.25, 0.3) is 0 Å². The average molecular weight is 473 g/mol. The van der Waals surface area contributed by atoms with Crippen molar-refractivity contribution in [3.8, 4) is 0 Å². The van der Waals surface area contributed by atoms with E-state index in [1.165, 1.54) is 18.2 Å². The molecule has 1 fully saturated rings. The predicted octanol–water partition coefficient (Wildman–Crippen LogP) is 4.16. The lowest BCUT2D eigenvalue weighted by Crippen LogP contribution is -2.47. The predicted molar refractivity (Wildman–Crippen MR) is 109 cm³/mol. The third-order valence-electron chi connectivity index (χ3n) is 4.99. The van der Waals surface area contributed by atoms with Crippen LogP contribution in [0.4, 0.5) is 17.6 Å². The molecule has 0 spiro atoms. The fraction of sp³-hybridized carbons (Fsp3) is 0.381. The molecule has 1 saturated heterocycles. The van der Waals surface area contributed by atoms with Crippen molar-refractivity contribution in [2.45, 2.75) is 51.1 Å². The number of hydrogen-bond acceptors (Lipinski definition) is 4. The van der Waals surface area contributed by atoms with Crippen molar-refractivity contribution in [2.24, 2.45) is 0 Å². The molecule has 2 aromatic rings. The van der Waals surface area contributed by atoms with E-state index in [9.17, 15) is 22.8 Å². The second-order valence-electron chi connectivity index (χ2n) is 7.36. The zero-order valence-corrected chi connectivity index (χ0v) is 17.8. The molecule has 0 bridgehead atoms. The van der Waals surface area contributed by atoms with Crippen LogP contribution in [0.5, 0.6) is 0 Å². The van der Waals surface area contributed by atoms with E-state index in [4.69, 9.17) is 11.6 Å². The minimum absolute atomic E-state index is 0.0215. The molecule has 1 aromatic heterocycles. The van der Waals surface area contributed by atoms with Crippen molar-refractivity contribution in [1.82, 2.24) is 20.9 Å². The molecular formula is C21H21ClF4N4O2. The summed E-state index contributed by atoms with van der Waals surface area (Å²) >= 11 is 6.20. The molecule has 0 radical (unpaired) electrons. The number of nitrogens with zero attached hydrogens (tertiary/aromatic N) is 1. The van der Waals surface area contributed by atoms with E-state index in [1.807, 2.05) is 6.92 Å². The van der Waals surface area contributed by atoms with Crippen molar-refractivity contribution in [3.63, 3.8) is 0 Å². The Morgan fingerprint density at radius 1 is 1.28 bits per heavy atom. The van der Waals surface area contributed by atoms with Crippen LogP contribution in [-0.4, -0.2) is 16.8 Å². The van der Waals surface area contributed by atoms with Crippen LogP contribution in [0.15, 0.2) is 30.5 Å². The number of aromatic nitrogens is 1. The molecule has 0 saturated carbocycles. The summed E-state index contributed by atoms with van der Waals surface area (Å²) in [5.41, 5.74) is -0.544. The van der Waals surface area contributed by atoms with Gasteiger partial charge in [0, 0.05) is 42.8 Å². The summed E-state index contributed by atoms with van der Waals surface area (Å²) in [4.78, 5) is 27.4. The average Bonchev–Trinajstić information content (AvgIpc) is 2.72. The number of nitrogens with one attached hydrogen (secondary N) is 3. The summed E-state index contributed by atoms with van der Waals surface area (Å²) in [6.07, 6.45) is -3.68. The van der Waals surface area contributed by atoms with Crippen LogP contribution in [-0.2, 0) is 22.3 Å². The Hall–Kier alpha value is -2.72. The summed E-state index contributed by atoms with van der Waals surface area (Å²) in [5, 5.41) is 8.28. The summed E-state index contributed by atoms with van der Waals surface area (Å²) in [6, 6.07) is 4.24. The van der Waals surface area contributed by atoms with Crippen LogP contribution in [0.1, 0.15) is 60.8 Å². The molecule has 172 valence electrons. The van der Waals surface area contributed by atoms with E-state index < -0.39 is 35.8 Å². The van der Waals surface area contributed by atoms with Crippen LogP contribution in [0.25, 0.3) is 0 Å². The van der Waals surface area contributed by atoms with E-state index >= 15 is 4.39 Å². The highest BCUT2D eigenvalue weighted by Crippen LogP contribution is 2.33. The SMILES string of the molecule is CCCC(=O)NCc1ccc(Cl)c(C2NC(=O)CC(c3ccc(C(F)(F)F)nc3)N2)c1F.